The van der Waals surface area contributed by atoms with Gasteiger partial charge < -0.3 is 4.74 Å². The third-order valence-electron chi connectivity index (χ3n) is 4.52. The average Bonchev–Trinajstić information content (AvgIpc) is 3.10. The minimum atomic E-state index is -0.287. The van der Waals surface area contributed by atoms with Crippen molar-refractivity contribution in [2.45, 2.75) is 12.0 Å². The smallest absolute Gasteiger partial charge is 0.238 e. The lowest BCUT2D eigenvalue weighted by molar-refractivity contribution is -0.115. The number of thioether (sulfide) groups is 1. The summed E-state index contributed by atoms with van der Waals surface area (Å²) in [6, 6.07) is 18.8. The standard InChI is InChI=1S/C22H16Cl2FNO2S/c23-16-4-8-18(9-5-16)26-21(27)13-29-22(26)15-3-10-20(19(24)11-15)28-12-14-1-6-17(25)7-2-14/h1-11,22H,12-13H2/t22-/m0/s1. The van der Waals surface area contributed by atoms with Gasteiger partial charge in [-0.2, -0.15) is 0 Å². The van der Waals surface area contributed by atoms with E-state index in [0.717, 1.165) is 16.8 Å². The highest BCUT2D eigenvalue weighted by Crippen LogP contribution is 2.43. The van der Waals surface area contributed by atoms with Crippen molar-refractivity contribution in [1.29, 1.82) is 0 Å². The maximum Gasteiger partial charge on any atom is 0.238 e. The second kappa shape index (κ2) is 8.66. The number of ether oxygens (including phenoxy) is 1. The monoisotopic (exact) mass is 447 g/mol. The zero-order valence-corrected chi connectivity index (χ0v) is 17.5. The predicted octanol–water partition coefficient (Wildman–Crippen LogP) is 6.49. The zero-order valence-electron chi connectivity index (χ0n) is 15.1. The fraction of sp³-hybridized carbons (Fsp3) is 0.136. The Labute approximate surface area is 182 Å². The van der Waals surface area contributed by atoms with E-state index in [2.05, 4.69) is 0 Å². The predicted molar refractivity (Wildman–Crippen MR) is 116 cm³/mol. The largest absolute Gasteiger partial charge is 0.487 e. The number of halogens is 3. The zero-order chi connectivity index (χ0) is 20.4. The number of anilines is 1. The molecule has 1 atom stereocenters. The highest BCUT2D eigenvalue weighted by Gasteiger charge is 2.34. The first kappa shape index (κ1) is 20.1. The molecule has 1 aliphatic rings. The van der Waals surface area contributed by atoms with E-state index in [1.54, 1.807) is 47.0 Å². The van der Waals surface area contributed by atoms with Gasteiger partial charge in [0.2, 0.25) is 5.91 Å². The first-order valence-corrected chi connectivity index (χ1v) is 10.7. The maximum absolute atomic E-state index is 13.0. The topological polar surface area (TPSA) is 29.5 Å². The van der Waals surface area contributed by atoms with E-state index in [0.29, 0.717) is 21.5 Å². The molecule has 1 fully saturated rings. The summed E-state index contributed by atoms with van der Waals surface area (Å²) in [5.41, 5.74) is 2.55. The number of amides is 1. The van der Waals surface area contributed by atoms with Crippen LogP contribution in [0.15, 0.2) is 66.7 Å². The Morgan fingerprint density at radius 2 is 1.76 bits per heavy atom. The summed E-state index contributed by atoms with van der Waals surface area (Å²) in [5, 5.41) is 0.906. The van der Waals surface area contributed by atoms with Gasteiger partial charge in [-0.05, 0) is 59.7 Å². The van der Waals surface area contributed by atoms with Crippen LogP contribution in [0.4, 0.5) is 10.1 Å². The first-order chi connectivity index (χ1) is 14.0. The van der Waals surface area contributed by atoms with Crippen LogP contribution in [0.5, 0.6) is 5.75 Å². The van der Waals surface area contributed by atoms with Gasteiger partial charge in [0.05, 0.1) is 10.8 Å². The molecule has 0 spiro atoms. The van der Waals surface area contributed by atoms with Crippen molar-refractivity contribution >= 4 is 46.6 Å². The van der Waals surface area contributed by atoms with Crippen LogP contribution in [-0.4, -0.2) is 11.7 Å². The van der Waals surface area contributed by atoms with Crippen LogP contribution in [0.25, 0.3) is 0 Å². The molecule has 0 bridgehead atoms. The first-order valence-electron chi connectivity index (χ1n) is 8.87. The van der Waals surface area contributed by atoms with Crippen molar-refractivity contribution in [1.82, 2.24) is 0 Å². The molecule has 0 aliphatic carbocycles. The molecule has 0 N–H and O–H groups in total. The SMILES string of the molecule is O=C1CS[C@@H](c2ccc(OCc3ccc(F)cc3)c(Cl)c2)N1c1ccc(Cl)cc1. The molecule has 4 rings (SSSR count). The van der Waals surface area contributed by atoms with Gasteiger partial charge in [0.15, 0.2) is 0 Å². The molecule has 1 aliphatic heterocycles. The van der Waals surface area contributed by atoms with E-state index in [-0.39, 0.29) is 23.7 Å². The van der Waals surface area contributed by atoms with Crippen LogP contribution < -0.4 is 9.64 Å². The Hall–Kier alpha value is -2.21. The van der Waals surface area contributed by atoms with Gasteiger partial charge in [0.25, 0.3) is 0 Å². The van der Waals surface area contributed by atoms with Gasteiger partial charge in [0.1, 0.15) is 23.5 Å². The molecule has 1 amide bonds. The number of nitrogens with zero attached hydrogens (tertiary/aromatic N) is 1. The lowest BCUT2D eigenvalue weighted by Gasteiger charge is -2.25. The van der Waals surface area contributed by atoms with Crippen molar-refractivity contribution in [2.24, 2.45) is 0 Å². The lowest BCUT2D eigenvalue weighted by atomic mass is 10.1. The fourth-order valence-electron chi connectivity index (χ4n) is 3.08. The highest BCUT2D eigenvalue weighted by atomic mass is 35.5. The minimum absolute atomic E-state index is 0.0371. The highest BCUT2D eigenvalue weighted by molar-refractivity contribution is 8.00. The number of hydrogen-bond acceptors (Lipinski definition) is 3. The van der Waals surface area contributed by atoms with Crippen molar-refractivity contribution in [3.8, 4) is 5.75 Å². The molecule has 1 saturated heterocycles. The summed E-state index contributed by atoms with van der Waals surface area (Å²) < 4.78 is 18.8. The average molecular weight is 448 g/mol. The summed E-state index contributed by atoms with van der Waals surface area (Å²) in [5.74, 6) is 0.681. The van der Waals surface area contributed by atoms with Gasteiger partial charge >= 0.3 is 0 Å². The third-order valence-corrected chi connectivity index (χ3v) is 6.28. The van der Waals surface area contributed by atoms with E-state index < -0.39 is 0 Å². The number of rotatable bonds is 5. The van der Waals surface area contributed by atoms with Crippen molar-refractivity contribution < 1.29 is 13.9 Å². The molecule has 148 valence electrons. The minimum Gasteiger partial charge on any atom is -0.487 e. The van der Waals surface area contributed by atoms with Gasteiger partial charge in [-0.3, -0.25) is 9.69 Å². The summed E-state index contributed by atoms with van der Waals surface area (Å²) in [7, 11) is 0. The van der Waals surface area contributed by atoms with E-state index in [4.69, 9.17) is 27.9 Å². The molecular formula is C22H16Cl2FNO2S. The summed E-state index contributed by atoms with van der Waals surface area (Å²) in [6.07, 6.45) is 0. The molecule has 0 aromatic heterocycles. The van der Waals surface area contributed by atoms with Crippen LogP contribution in [0.3, 0.4) is 0 Å². The number of hydrogen-bond donors (Lipinski definition) is 0. The number of benzene rings is 3. The Kier molecular flexibility index (Phi) is 5.99. The molecule has 29 heavy (non-hydrogen) atoms. The van der Waals surface area contributed by atoms with Crippen molar-refractivity contribution in [2.75, 3.05) is 10.7 Å². The molecule has 0 radical (unpaired) electrons. The van der Waals surface area contributed by atoms with Crippen LogP contribution >= 0.6 is 35.0 Å². The van der Waals surface area contributed by atoms with Gasteiger partial charge in [-0.25, -0.2) is 4.39 Å². The summed E-state index contributed by atoms with van der Waals surface area (Å²) in [6.45, 7) is 0.285. The molecule has 0 saturated carbocycles. The second-order valence-electron chi connectivity index (χ2n) is 6.51. The third kappa shape index (κ3) is 4.53. The Balaban J connectivity index is 1.52. The van der Waals surface area contributed by atoms with E-state index in [9.17, 15) is 9.18 Å². The molecular weight excluding hydrogens is 432 g/mol. The Morgan fingerprint density at radius 3 is 2.45 bits per heavy atom. The van der Waals surface area contributed by atoms with Crippen LogP contribution in [0.1, 0.15) is 16.5 Å². The van der Waals surface area contributed by atoms with E-state index in [1.807, 2.05) is 24.3 Å². The van der Waals surface area contributed by atoms with Gasteiger partial charge in [-0.15, -0.1) is 11.8 Å². The number of carbonyl (C=O) groups is 1. The van der Waals surface area contributed by atoms with Crippen molar-refractivity contribution in [3.05, 3.63) is 93.7 Å². The Morgan fingerprint density at radius 1 is 1.03 bits per heavy atom. The second-order valence-corrected chi connectivity index (χ2v) is 8.42. The van der Waals surface area contributed by atoms with E-state index >= 15 is 0 Å². The van der Waals surface area contributed by atoms with Gasteiger partial charge in [0, 0.05) is 10.7 Å². The summed E-state index contributed by atoms with van der Waals surface area (Å²) in [4.78, 5) is 14.2. The van der Waals surface area contributed by atoms with Crippen LogP contribution in [0, 0.1) is 5.82 Å². The van der Waals surface area contributed by atoms with Gasteiger partial charge in [-0.1, -0.05) is 41.4 Å². The quantitative estimate of drug-likeness (QED) is 0.447. The molecule has 3 aromatic rings. The summed E-state index contributed by atoms with van der Waals surface area (Å²) >= 11 is 13.9. The molecule has 7 heteroatoms. The molecule has 0 unspecified atom stereocenters. The molecule has 1 heterocycles. The van der Waals surface area contributed by atoms with E-state index in [1.165, 1.54) is 12.1 Å². The fourth-order valence-corrected chi connectivity index (χ4v) is 4.62. The maximum atomic E-state index is 13.0. The van der Waals surface area contributed by atoms with Crippen LogP contribution in [-0.2, 0) is 11.4 Å². The molecule has 3 nitrogen and oxygen atoms in total. The normalized spacial score (nSPS) is 16.3. The van der Waals surface area contributed by atoms with Crippen LogP contribution in [0.2, 0.25) is 10.0 Å². The molecule has 3 aromatic carbocycles. The Bertz CT molecular complexity index is 1030. The van der Waals surface area contributed by atoms with Crippen molar-refractivity contribution in [3.63, 3.8) is 0 Å². The number of carbonyl (C=O) groups excluding carboxylic acids is 1. The lowest BCUT2D eigenvalue weighted by Crippen LogP contribution is -2.27.